The molecule has 0 bridgehead atoms. The highest BCUT2D eigenvalue weighted by atomic mass is 32.2. The zero-order valence-corrected chi connectivity index (χ0v) is 23.1. The Hall–Kier alpha value is -3.59. The van der Waals surface area contributed by atoms with Crippen LogP contribution in [0.25, 0.3) is 11.1 Å². The van der Waals surface area contributed by atoms with Crippen molar-refractivity contribution in [3.63, 3.8) is 0 Å². The van der Waals surface area contributed by atoms with Gasteiger partial charge in [0.15, 0.2) is 5.69 Å². The molecule has 8 nitrogen and oxygen atoms in total. The topological polar surface area (TPSA) is 96.7 Å². The molecule has 0 saturated heterocycles. The number of aromatic nitrogens is 2. The van der Waals surface area contributed by atoms with Crippen molar-refractivity contribution in [2.45, 2.75) is 51.6 Å². The van der Waals surface area contributed by atoms with Crippen molar-refractivity contribution < 1.29 is 28.6 Å². The van der Waals surface area contributed by atoms with Crippen LogP contribution in [0, 0.1) is 0 Å². The van der Waals surface area contributed by atoms with Gasteiger partial charge in [0.1, 0.15) is 17.5 Å². The molecule has 0 unspecified atom stereocenters. The molecule has 0 aliphatic rings. The highest BCUT2D eigenvalue weighted by Crippen LogP contribution is 2.28. The van der Waals surface area contributed by atoms with Crippen molar-refractivity contribution in [1.82, 2.24) is 9.55 Å². The van der Waals surface area contributed by atoms with Crippen molar-refractivity contribution in [1.29, 1.82) is 0 Å². The minimum absolute atomic E-state index is 0.230. The van der Waals surface area contributed by atoms with E-state index in [0.29, 0.717) is 28.6 Å². The number of imidazole rings is 1. The van der Waals surface area contributed by atoms with Crippen LogP contribution < -0.4 is 0 Å². The Balaban J connectivity index is 1.94. The zero-order chi connectivity index (χ0) is 27.5. The molecule has 0 N–H and O–H groups in total. The number of ether oxygens (including phenoxy) is 3. The fourth-order valence-electron chi connectivity index (χ4n) is 3.99. The predicted molar refractivity (Wildman–Crippen MR) is 146 cm³/mol. The second kappa shape index (κ2) is 14.4. The summed E-state index contributed by atoms with van der Waals surface area (Å²) in [5.41, 5.74) is 3.56. The van der Waals surface area contributed by atoms with E-state index in [1.165, 1.54) is 25.8 Å². The molecule has 1 heterocycles. The Bertz CT molecular complexity index is 1250. The number of esters is 3. The minimum atomic E-state index is -0.429. The first-order chi connectivity index (χ1) is 18.4. The Labute approximate surface area is 227 Å². The van der Waals surface area contributed by atoms with Gasteiger partial charge in [-0.05, 0) is 36.1 Å². The average molecular weight is 539 g/mol. The van der Waals surface area contributed by atoms with Crippen LogP contribution in [0.15, 0.2) is 53.6 Å². The van der Waals surface area contributed by atoms with Crippen LogP contribution in [0.4, 0.5) is 0 Å². The van der Waals surface area contributed by atoms with Crippen molar-refractivity contribution >= 4 is 29.7 Å². The van der Waals surface area contributed by atoms with E-state index in [4.69, 9.17) is 19.2 Å². The lowest BCUT2D eigenvalue weighted by atomic mass is 9.98. The molecule has 0 aliphatic heterocycles. The summed E-state index contributed by atoms with van der Waals surface area (Å²) in [4.78, 5) is 41.2. The van der Waals surface area contributed by atoms with Crippen molar-refractivity contribution in [2.75, 3.05) is 26.1 Å². The van der Waals surface area contributed by atoms with Crippen LogP contribution in [-0.4, -0.2) is 53.5 Å². The highest BCUT2D eigenvalue weighted by Gasteiger charge is 2.25. The number of carbonyl (C=O) groups is 3. The molecular weight excluding hydrogens is 504 g/mol. The fourth-order valence-corrected chi connectivity index (χ4v) is 4.85. The first-order valence-corrected chi connectivity index (χ1v) is 13.7. The van der Waals surface area contributed by atoms with Gasteiger partial charge >= 0.3 is 17.9 Å². The van der Waals surface area contributed by atoms with Gasteiger partial charge in [0, 0.05) is 25.6 Å². The lowest BCUT2D eigenvalue weighted by molar-refractivity contribution is -0.140. The summed E-state index contributed by atoms with van der Waals surface area (Å²) in [6.45, 7) is 6.16. The summed E-state index contributed by atoms with van der Waals surface area (Å²) in [5.74, 6) is 0.126. The quantitative estimate of drug-likeness (QED) is 0.121. The van der Waals surface area contributed by atoms with Gasteiger partial charge in [-0.25, -0.2) is 14.6 Å². The number of thioether (sulfide) groups is 1. The summed E-state index contributed by atoms with van der Waals surface area (Å²) < 4.78 is 17.3. The van der Waals surface area contributed by atoms with E-state index in [1.807, 2.05) is 41.0 Å². The lowest BCUT2D eigenvalue weighted by Crippen LogP contribution is -2.16. The first-order valence-electron chi connectivity index (χ1n) is 12.7. The third kappa shape index (κ3) is 7.47. The van der Waals surface area contributed by atoms with Crippen molar-refractivity contribution in [3.05, 3.63) is 71.2 Å². The predicted octanol–water partition coefficient (Wildman–Crippen LogP) is 5.56. The van der Waals surface area contributed by atoms with Crippen LogP contribution in [0.1, 0.15) is 65.8 Å². The lowest BCUT2D eigenvalue weighted by Gasteiger charge is -2.13. The summed E-state index contributed by atoms with van der Waals surface area (Å²) in [6, 6.07) is 15.2. The van der Waals surface area contributed by atoms with Crippen molar-refractivity contribution in [3.8, 4) is 11.1 Å². The number of unbranched alkanes of at least 4 members (excludes halogenated alkanes) is 1. The van der Waals surface area contributed by atoms with Gasteiger partial charge in [-0.1, -0.05) is 55.8 Å². The van der Waals surface area contributed by atoms with E-state index in [9.17, 15) is 14.4 Å². The molecular formula is C29H34N2O6S. The zero-order valence-electron chi connectivity index (χ0n) is 22.3. The molecule has 1 aromatic heterocycles. The largest absolute Gasteiger partial charge is 0.465 e. The smallest absolute Gasteiger partial charge is 0.357 e. The summed E-state index contributed by atoms with van der Waals surface area (Å²) in [5, 5.41) is 0.574. The van der Waals surface area contributed by atoms with Gasteiger partial charge in [-0.15, -0.1) is 11.8 Å². The number of carbonyl (C=O) groups excluding carboxylic acids is 3. The number of hydrogen-bond acceptors (Lipinski definition) is 8. The molecule has 0 radical (unpaired) electrons. The summed E-state index contributed by atoms with van der Waals surface area (Å²) in [7, 11) is 1.37. The highest BCUT2D eigenvalue weighted by molar-refractivity contribution is 7.99. The number of methoxy groups -OCH3 is 1. The summed E-state index contributed by atoms with van der Waals surface area (Å²) >= 11 is 1.37. The van der Waals surface area contributed by atoms with Gasteiger partial charge in [0.25, 0.3) is 0 Å². The average Bonchev–Trinajstić information content (AvgIpc) is 3.26. The molecule has 0 fully saturated rings. The standard InChI is InChI=1S/C29H34N2O6S/c1-5-7-12-25-30-27(38-18-17-37-20(3)32)26(29(34)36-6-2)31(25)19-21-13-15-22(16-14-21)23-10-8-9-11-24(23)28(33)35-4/h8-11,13-16H,5-7,12,17-19H2,1-4H3. The molecule has 9 heteroatoms. The maximum absolute atomic E-state index is 13.0. The molecule has 0 aliphatic carbocycles. The van der Waals surface area contributed by atoms with Gasteiger partial charge in [0.05, 0.1) is 19.3 Å². The van der Waals surface area contributed by atoms with Gasteiger partial charge in [-0.2, -0.15) is 0 Å². The Kier molecular flexibility index (Phi) is 11.0. The number of benzene rings is 2. The molecule has 202 valence electrons. The number of rotatable bonds is 13. The SMILES string of the molecule is CCCCc1nc(SCCOC(C)=O)c(C(=O)OCC)n1Cc1ccc(-c2ccccc2C(=O)OC)cc1. The summed E-state index contributed by atoms with van der Waals surface area (Å²) in [6.07, 6.45) is 2.64. The molecule has 0 saturated carbocycles. The second-order valence-corrected chi connectivity index (χ2v) is 9.60. The van der Waals surface area contributed by atoms with E-state index in [-0.39, 0.29) is 25.2 Å². The molecule has 38 heavy (non-hydrogen) atoms. The Morgan fingerprint density at radius 2 is 1.71 bits per heavy atom. The van der Waals surface area contributed by atoms with Gasteiger partial charge in [0.2, 0.25) is 0 Å². The molecule has 3 aromatic rings. The minimum Gasteiger partial charge on any atom is -0.465 e. The van der Waals surface area contributed by atoms with E-state index >= 15 is 0 Å². The number of aryl methyl sites for hydroxylation is 1. The van der Waals surface area contributed by atoms with Crippen molar-refractivity contribution in [2.24, 2.45) is 0 Å². The van der Waals surface area contributed by atoms with Gasteiger partial charge < -0.3 is 18.8 Å². The first kappa shape index (κ1) is 29.0. The van der Waals surface area contributed by atoms with E-state index in [2.05, 4.69) is 6.92 Å². The third-order valence-corrected chi connectivity index (χ3v) is 6.73. The third-order valence-electron chi connectivity index (χ3n) is 5.80. The number of hydrogen-bond donors (Lipinski definition) is 0. The number of nitrogens with zero attached hydrogens (tertiary/aromatic N) is 2. The monoisotopic (exact) mass is 538 g/mol. The van der Waals surface area contributed by atoms with Crippen LogP contribution in [0.2, 0.25) is 0 Å². The van der Waals surface area contributed by atoms with E-state index in [0.717, 1.165) is 41.8 Å². The molecule has 0 amide bonds. The maximum atomic E-state index is 13.0. The Morgan fingerprint density at radius 1 is 0.974 bits per heavy atom. The normalized spacial score (nSPS) is 10.7. The van der Waals surface area contributed by atoms with Gasteiger partial charge in [-0.3, -0.25) is 4.79 Å². The molecule has 0 atom stereocenters. The second-order valence-electron chi connectivity index (χ2n) is 8.51. The van der Waals surface area contributed by atoms with Crippen LogP contribution in [0.5, 0.6) is 0 Å². The van der Waals surface area contributed by atoms with Crippen LogP contribution in [0.3, 0.4) is 0 Å². The molecule has 0 spiro atoms. The van der Waals surface area contributed by atoms with E-state index in [1.54, 1.807) is 19.1 Å². The van der Waals surface area contributed by atoms with Crippen LogP contribution in [-0.2, 0) is 32.0 Å². The molecule has 2 aromatic carbocycles. The molecule has 3 rings (SSSR count). The van der Waals surface area contributed by atoms with Crippen LogP contribution >= 0.6 is 11.8 Å². The van der Waals surface area contributed by atoms with E-state index < -0.39 is 5.97 Å². The Morgan fingerprint density at radius 3 is 2.37 bits per heavy atom. The fraction of sp³-hybridized carbons (Fsp3) is 0.379. The maximum Gasteiger partial charge on any atom is 0.357 e.